The van der Waals surface area contributed by atoms with E-state index in [0.29, 0.717) is 6.04 Å². The topological polar surface area (TPSA) is 20.3 Å². The number of hydrogen-bond donors (Lipinski definition) is 0. The molecule has 1 aliphatic heterocycles. The van der Waals surface area contributed by atoms with Crippen LogP contribution in [0.4, 0.5) is 5.69 Å². The summed E-state index contributed by atoms with van der Waals surface area (Å²) in [7, 11) is 0. The van der Waals surface area contributed by atoms with Crippen molar-refractivity contribution in [1.29, 1.82) is 0 Å². The minimum absolute atomic E-state index is 0.144. The average Bonchev–Trinajstić information content (AvgIpc) is 2.29. The monoisotopic (exact) mass is 295 g/mol. The van der Waals surface area contributed by atoms with E-state index in [1.165, 1.54) is 19.3 Å². The van der Waals surface area contributed by atoms with E-state index in [1.807, 2.05) is 12.1 Å². The van der Waals surface area contributed by atoms with E-state index in [9.17, 15) is 4.79 Å². The second kappa shape index (κ2) is 5.21. The van der Waals surface area contributed by atoms with Gasteiger partial charge in [0.2, 0.25) is 0 Å². The van der Waals surface area contributed by atoms with E-state index < -0.39 is 0 Å². The van der Waals surface area contributed by atoms with E-state index in [0.717, 1.165) is 22.3 Å². The molecule has 0 N–H and O–H groups in total. The van der Waals surface area contributed by atoms with Gasteiger partial charge in [0.05, 0.1) is 0 Å². The quantitative estimate of drug-likeness (QED) is 0.768. The molecule has 0 aliphatic carbocycles. The van der Waals surface area contributed by atoms with Crippen LogP contribution in [0, 0.1) is 0 Å². The van der Waals surface area contributed by atoms with Gasteiger partial charge in [-0.25, -0.2) is 0 Å². The molecular weight excluding hydrogens is 278 g/mol. The maximum atomic E-state index is 11.7. The van der Waals surface area contributed by atoms with Gasteiger partial charge in [0.1, 0.15) is 0 Å². The number of carbonyl (C=O) groups excluding carboxylic acids is 1. The number of halogens is 1. The van der Waals surface area contributed by atoms with Crippen LogP contribution in [-0.4, -0.2) is 18.4 Å². The summed E-state index contributed by atoms with van der Waals surface area (Å²) in [5, 5.41) is 0. The van der Waals surface area contributed by atoms with Gasteiger partial charge in [-0.2, -0.15) is 0 Å². The number of benzene rings is 1. The van der Waals surface area contributed by atoms with Gasteiger partial charge in [-0.15, -0.1) is 0 Å². The number of ketones is 1. The van der Waals surface area contributed by atoms with Gasteiger partial charge in [-0.1, -0.05) is 15.9 Å². The molecule has 1 aliphatic rings. The molecule has 1 heterocycles. The second-order valence-electron chi connectivity index (χ2n) is 4.76. The van der Waals surface area contributed by atoms with Gasteiger partial charge in [-0.3, -0.25) is 4.79 Å². The highest BCUT2D eigenvalue weighted by atomic mass is 79.9. The highest BCUT2D eigenvalue weighted by Gasteiger charge is 2.22. The van der Waals surface area contributed by atoms with Crippen molar-refractivity contribution < 1.29 is 4.79 Å². The molecule has 17 heavy (non-hydrogen) atoms. The first kappa shape index (κ1) is 12.6. The van der Waals surface area contributed by atoms with Gasteiger partial charge < -0.3 is 4.90 Å². The van der Waals surface area contributed by atoms with Crippen LogP contribution in [0.25, 0.3) is 0 Å². The predicted octanol–water partition coefficient (Wildman–Crippen LogP) is 4.03. The summed E-state index contributed by atoms with van der Waals surface area (Å²) in [6, 6.07) is 6.45. The SMILES string of the molecule is CC(=O)c1ccc(Br)cc1N1CCCCC1C. The first-order chi connectivity index (χ1) is 8.09. The molecule has 0 radical (unpaired) electrons. The number of nitrogens with zero attached hydrogens (tertiary/aromatic N) is 1. The first-order valence-corrected chi connectivity index (χ1v) is 6.96. The predicted molar refractivity (Wildman–Crippen MR) is 74.8 cm³/mol. The molecule has 2 rings (SSSR count). The molecule has 1 saturated heterocycles. The van der Waals surface area contributed by atoms with Crippen LogP contribution in [0.3, 0.4) is 0 Å². The Morgan fingerprint density at radius 2 is 2.18 bits per heavy atom. The molecule has 1 aromatic rings. The van der Waals surface area contributed by atoms with Crippen LogP contribution in [0.2, 0.25) is 0 Å². The highest BCUT2D eigenvalue weighted by Crippen LogP contribution is 2.30. The minimum atomic E-state index is 0.144. The highest BCUT2D eigenvalue weighted by molar-refractivity contribution is 9.10. The van der Waals surface area contributed by atoms with E-state index in [4.69, 9.17) is 0 Å². The third-order valence-electron chi connectivity index (χ3n) is 3.45. The summed E-state index contributed by atoms with van der Waals surface area (Å²) in [6.07, 6.45) is 3.72. The molecule has 2 nitrogen and oxygen atoms in total. The second-order valence-corrected chi connectivity index (χ2v) is 5.67. The molecule has 0 spiro atoms. The molecular formula is C14H18BrNO. The van der Waals surface area contributed by atoms with Crippen molar-refractivity contribution in [3.63, 3.8) is 0 Å². The third-order valence-corrected chi connectivity index (χ3v) is 3.94. The maximum Gasteiger partial charge on any atom is 0.161 e. The van der Waals surface area contributed by atoms with Gasteiger partial charge in [0.15, 0.2) is 5.78 Å². The number of anilines is 1. The number of Topliss-reactive ketones (excluding diaryl/α,β-unsaturated/α-hetero) is 1. The summed E-state index contributed by atoms with van der Waals surface area (Å²) in [4.78, 5) is 14.1. The van der Waals surface area contributed by atoms with E-state index in [-0.39, 0.29) is 5.78 Å². The zero-order chi connectivity index (χ0) is 12.4. The molecule has 0 aromatic heterocycles. The van der Waals surface area contributed by atoms with Crippen molar-refractivity contribution in [2.24, 2.45) is 0 Å². The molecule has 1 atom stereocenters. The van der Waals surface area contributed by atoms with Gasteiger partial charge in [0.25, 0.3) is 0 Å². The van der Waals surface area contributed by atoms with Crippen molar-refractivity contribution >= 4 is 27.4 Å². The van der Waals surface area contributed by atoms with Crippen LogP contribution in [-0.2, 0) is 0 Å². The molecule has 1 aromatic carbocycles. The lowest BCUT2D eigenvalue weighted by Crippen LogP contribution is -2.38. The minimum Gasteiger partial charge on any atom is -0.368 e. The van der Waals surface area contributed by atoms with Crippen molar-refractivity contribution in [2.75, 3.05) is 11.4 Å². The fourth-order valence-electron chi connectivity index (χ4n) is 2.50. The first-order valence-electron chi connectivity index (χ1n) is 6.16. The Morgan fingerprint density at radius 1 is 1.41 bits per heavy atom. The van der Waals surface area contributed by atoms with Crippen LogP contribution >= 0.6 is 15.9 Å². The van der Waals surface area contributed by atoms with Crippen LogP contribution < -0.4 is 4.90 Å². The molecule has 0 bridgehead atoms. The van der Waals surface area contributed by atoms with E-state index >= 15 is 0 Å². The van der Waals surface area contributed by atoms with Crippen LogP contribution in [0.1, 0.15) is 43.5 Å². The van der Waals surface area contributed by atoms with Crippen molar-refractivity contribution in [1.82, 2.24) is 0 Å². The van der Waals surface area contributed by atoms with Crippen LogP contribution in [0.5, 0.6) is 0 Å². The Bertz CT molecular complexity index is 430. The summed E-state index contributed by atoms with van der Waals surface area (Å²) in [5.41, 5.74) is 1.92. The molecule has 92 valence electrons. The fraction of sp³-hybridized carbons (Fsp3) is 0.500. The van der Waals surface area contributed by atoms with E-state index in [2.05, 4.69) is 33.8 Å². The standard InChI is InChI=1S/C14H18BrNO/c1-10-5-3-4-8-16(10)14-9-12(15)6-7-13(14)11(2)17/h6-7,9-10H,3-5,8H2,1-2H3. The lowest BCUT2D eigenvalue weighted by Gasteiger charge is -2.36. The molecule has 1 unspecified atom stereocenters. The summed E-state index contributed by atoms with van der Waals surface area (Å²) in [5.74, 6) is 0.144. The number of hydrogen-bond acceptors (Lipinski definition) is 2. The zero-order valence-electron chi connectivity index (χ0n) is 10.4. The Kier molecular flexibility index (Phi) is 3.87. The molecule has 1 fully saturated rings. The fourth-order valence-corrected chi connectivity index (χ4v) is 2.85. The summed E-state index contributed by atoms with van der Waals surface area (Å²) < 4.78 is 1.04. The smallest absolute Gasteiger partial charge is 0.161 e. The molecule has 0 saturated carbocycles. The third kappa shape index (κ3) is 2.71. The number of piperidine rings is 1. The normalized spacial score (nSPS) is 20.4. The zero-order valence-corrected chi connectivity index (χ0v) is 12.0. The summed E-state index contributed by atoms with van der Waals surface area (Å²) in [6.45, 7) is 4.93. The lowest BCUT2D eigenvalue weighted by molar-refractivity contribution is 0.101. The molecule has 3 heteroatoms. The van der Waals surface area contributed by atoms with Gasteiger partial charge in [-0.05, 0) is 51.3 Å². The van der Waals surface area contributed by atoms with Gasteiger partial charge in [0, 0.05) is 28.3 Å². The largest absolute Gasteiger partial charge is 0.368 e. The maximum absolute atomic E-state index is 11.7. The summed E-state index contributed by atoms with van der Waals surface area (Å²) >= 11 is 3.49. The Labute approximate surface area is 111 Å². The molecule has 0 amide bonds. The Balaban J connectivity index is 2.41. The number of rotatable bonds is 2. The van der Waals surface area contributed by atoms with Crippen molar-refractivity contribution in [2.45, 2.75) is 39.2 Å². The number of carbonyl (C=O) groups is 1. The average molecular weight is 296 g/mol. The van der Waals surface area contributed by atoms with Crippen molar-refractivity contribution in [3.05, 3.63) is 28.2 Å². The van der Waals surface area contributed by atoms with Crippen LogP contribution in [0.15, 0.2) is 22.7 Å². The Hall–Kier alpha value is -0.830. The lowest BCUT2D eigenvalue weighted by atomic mass is 10.00. The van der Waals surface area contributed by atoms with Crippen molar-refractivity contribution in [3.8, 4) is 0 Å². The van der Waals surface area contributed by atoms with Gasteiger partial charge >= 0.3 is 0 Å². The Morgan fingerprint density at radius 3 is 2.82 bits per heavy atom. The van der Waals surface area contributed by atoms with E-state index in [1.54, 1.807) is 6.92 Å².